The van der Waals surface area contributed by atoms with E-state index in [1.165, 1.54) is 31.4 Å². The summed E-state index contributed by atoms with van der Waals surface area (Å²) < 4.78 is 13.1. The molecule has 5 nitrogen and oxygen atoms in total. The summed E-state index contributed by atoms with van der Waals surface area (Å²) >= 11 is 1.98. The third-order valence-corrected chi connectivity index (χ3v) is 6.66. The molecule has 1 aromatic rings. The second kappa shape index (κ2) is 10.2. The number of hydrogen-bond acceptors (Lipinski definition) is 4. The SMILES string of the molecule is CN=C(NCCN1CCN(c2ccc(F)cc2)CC1)NC1CCC(SC)C1. The van der Waals surface area contributed by atoms with Gasteiger partial charge in [-0.3, -0.25) is 9.89 Å². The average Bonchev–Trinajstić information content (AvgIpc) is 3.16. The number of benzene rings is 1. The van der Waals surface area contributed by atoms with Gasteiger partial charge in [0.1, 0.15) is 5.82 Å². The van der Waals surface area contributed by atoms with Crippen molar-refractivity contribution in [3.8, 4) is 0 Å². The van der Waals surface area contributed by atoms with E-state index in [2.05, 4.69) is 31.7 Å². The van der Waals surface area contributed by atoms with Gasteiger partial charge in [-0.1, -0.05) is 0 Å². The molecule has 27 heavy (non-hydrogen) atoms. The highest BCUT2D eigenvalue weighted by atomic mass is 32.2. The molecule has 150 valence electrons. The van der Waals surface area contributed by atoms with E-state index in [1.807, 2.05) is 30.9 Å². The Labute approximate surface area is 166 Å². The molecule has 1 aliphatic heterocycles. The van der Waals surface area contributed by atoms with Crippen molar-refractivity contribution in [3.63, 3.8) is 0 Å². The van der Waals surface area contributed by atoms with Gasteiger partial charge >= 0.3 is 0 Å². The van der Waals surface area contributed by atoms with Crippen LogP contribution in [0.3, 0.4) is 0 Å². The molecule has 0 aromatic heterocycles. The van der Waals surface area contributed by atoms with Crippen LogP contribution in [0, 0.1) is 5.82 Å². The van der Waals surface area contributed by atoms with E-state index in [9.17, 15) is 4.39 Å². The molecule has 1 heterocycles. The molecule has 0 spiro atoms. The number of piperazine rings is 1. The van der Waals surface area contributed by atoms with Crippen molar-refractivity contribution < 1.29 is 4.39 Å². The Balaban J connectivity index is 1.34. The summed E-state index contributed by atoms with van der Waals surface area (Å²) in [7, 11) is 1.85. The first-order chi connectivity index (χ1) is 13.2. The molecular weight excluding hydrogens is 361 g/mol. The lowest BCUT2D eigenvalue weighted by atomic mass is 10.2. The number of nitrogens with one attached hydrogen (secondary N) is 2. The molecule has 0 bridgehead atoms. The van der Waals surface area contributed by atoms with Crippen molar-refractivity contribution in [2.75, 3.05) is 57.5 Å². The summed E-state index contributed by atoms with van der Waals surface area (Å²) in [5.41, 5.74) is 1.11. The number of nitrogens with zero attached hydrogens (tertiary/aromatic N) is 3. The Kier molecular flexibility index (Phi) is 7.64. The maximum absolute atomic E-state index is 13.1. The van der Waals surface area contributed by atoms with E-state index in [1.54, 1.807) is 0 Å². The first-order valence-corrected chi connectivity index (χ1v) is 11.2. The first kappa shape index (κ1) is 20.3. The van der Waals surface area contributed by atoms with Gasteiger partial charge in [0.2, 0.25) is 0 Å². The van der Waals surface area contributed by atoms with Gasteiger partial charge in [-0.05, 0) is 49.8 Å². The molecular formula is C20H32FN5S. The highest BCUT2D eigenvalue weighted by Gasteiger charge is 2.24. The molecule has 2 unspecified atom stereocenters. The molecule has 2 atom stereocenters. The molecule has 2 fully saturated rings. The van der Waals surface area contributed by atoms with E-state index in [0.717, 1.165) is 56.2 Å². The quantitative estimate of drug-likeness (QED) is 0.574. The lowest BCUT2D eigenvalue weighted by Crippen LogP contribution is -2.50. The van der Waals surface area contributed by atoms with Gasteiger partial charge in [0.05, 0.1) is 0 Å². The fourth-order valence-electron chi connectivity index (χ4n) is 3.89. The van der Waals surface area contributed by atoms with Gasteiger partial charge < -0.3 is 15.5 Å². The third kappa shape index (κ3) is 6.01. The minimum atomic E-state index is -0.174. The number of halogens is 1. The second-order valence-electron chi connectivity index (χ2n) is 7.32. The van der Waals surface area contributed by atoms with E-state index < -0.39 is 0 Å². The van der Waals surface area contributed by atoms with Crippen molar-refractivity contribution in [1.82, 2.24) is 15.5 Å². The highest BCUT2D eigenvalue weighted by Crippen LogP contribution is 2.28. The third-order valence-electron chi connectivity index (χ3n) is 5.57. The van der Waals surface area contributed by atoms with Crippen LogP contribution in [0.2, 0.25) is 0 Å². The van der Waals surface area contributed by atoms with Crippen LogP contribution in [-0.4, -0.2) is 74.7 Å². The van der Waals surface area contributed by atoms with Crippen LogP contribution >= 0.6 is 11.8 Å². The van der Waals surface area contributed by atoms with Gasteiger partial charge in [-0.25, -0.2) is 4.39 Å². The van der Waals surface area contributed by atoms with Crippen LogP contribution in [0.15, 0.2) is 29.3 Å². The fourth-order valence-corrected chi connectivity index (χ4v) is 4.68. The Morgan fingerprint density at radius 1 is 1.19 bits per heavy atom. The van der Waals surface area contributed by atoms with Crippen LogP contribution in [-0.2, 0) is 0 Å². The Morgan fingerprint density at radius 3 is 2.56 bits per heavy atom. The number of anilines is 1. The van der Waals surface area contributed by atoms with Gasteiger partial charge in [0.25, 0.3) is 0 Å². The van der Waals surface area contributed by atoms with E-state index in [0.29, 0.717) is 6.04 Å². The Hall–Kier alpha value is -1.47. The summed E-state index contributed by atoms with van der Waals surface area (Å²) in [5, 5.41) is 7.82. The Bertz CT molecular complexity index is 601. The molecule has 3 rings (SSSR count). The molecule has 2 N–H and O–H groups in total. The molecule has 1 saturated carbocycles. The van der Waals surface area contributed by atoms with Crippen LogP contribution < -0.4 is 15.5 Å². The van der Waals surface area contributed by atoms with Crippen LogP contribution in [0.4, 0.5) is 10.1 Å². The predicted octanol–water partition coefficient (Wildman–Crippen LogP) is 2.40. The number of guanidine groups is 1. The van der Waals surface area contributed by atoms with E-state index in [4.69, 9.17) is 0 Å². The second-order valence-corrected chi connectivity index (χ2v) is 8.45. The van der Waals surface area contributed by atoms with Crippen molar-refractivity contribution in [2.24, 2.45) is 4.99 Å². The zero-order valence-electron chi connectivity index (χ0n) is 16.5. The van der Waals surface area contributed by atoms with Crippen molar-refractivity contribution in [3.05, 3.63) is 30.1 Å². The standard InChI is InChI=1S/C20H32FN5S/c1-22-20(24-17-5-8-19(15-17)27-2)23-9-10-25-11-13-26(14-12-25)18-6-3-16(21)4-7-18/h3-4,6-7,17,19H,5,8-15H2,1-2H3,(H2,22,23,24). The number of hydrogen-bond donors (Lipinski definition) is 2. The largest absolute Gasteiger partial charge is 0.369 e. The normalized spacial score (nSPS) is 24.3. The van der Waals surface area contributed by atoms with E-state index in [-0.39, 0.29) is 5.82 Å². The van der Waals surface area contributed by atoms with Gasteiger partial charge in [-0.2, -0.15) is 11.8 Å². The lowest BCUT2D eigenvalue weighted by Gasteiger charge is -2.36. The van der Waals surface area contributed by atoms with Gasteiger partial charge in [0.15, 0.2) is 5.96 Å². The van der Waals surface area contributed by atoms with Gasteiger partial charge in [0, 0.05) is 63.3 Å². The summed E-state index contributed by atoms with van der Waals surface area (Å²) in [6, 6.07) is 7.36. The molecule has 1 aromatic carbocycles. The van der Waals surface area contributed by atoms with Crippen LogP contribution in [0.5, 0.6) is 0 Å². The number of rotatable bonds is 6. The summed E-state index contributed by atoms with van der Waals surface area (Å²) in [5.74, 6) is 0.749. The monoisotopic (exact) mass is 393 g/mol. The van der Waals surface area contributed by atoms with Crippen molar-refractivity contribution in [1.29, 1.82) is 0 Å². The maximum atomic E-state index is 13.1. The first-order valence-electron chi connectivity index (χ1n) is 9.91. The fraction of sp³-hybridized carbons (Fsp3) is 0.650. The smallest absolute Gasteiger partial charge is 0.191 e. The number of thioether (sulfide) groups is 1. The van der Waals surface area contributed by atoms with Crippen molar-refractivity contribution in [2.45, 2.75) is 30.6 Å². The topological polar surface area (TPSA) is 42.9 Å². The van der Waals surface area contributed by atoms with Crippen LogP contribution in [0.1, 0.15) is 19.3 Å². The molecule has 1 aliphatic carbocycles. The Morgan fingerprint density at radius 2 is 1.93 bits per heavy atom. The zero-order chi connectivity index (χ0) is 19.1. The maximum Gasteiger partial charge on any atom is 0.191 e. The lowest BCUT2D eigenvalue weighted by molar-refractivity contribution is 0.261. The molecule has 7 heteroatoms. The highest BCUT2D eigenvalue weighted by molar-refractivity contribution is 7.99. The summed E-state index contributed by atoms with van der Waals surface area (Å²) in [6.45, 7) is 5.94. The molecule has 1 saturated heterocycles. The minimum Gasteiger partial charge on any atom is -0.369 e. The molecule has 0 amide bonds. The summed E-state index contributed by atoms with van der Waals surface area (Å²) in [4.78, 5) is 9.17. The van der Waals surface area contributed by atoms with Gasteiger partial charge in [-0.15, -0.1) is 0 Å². The predicted molar refractivity (Wildman–Crippen MR) is 114 cm³/mol. The number of aliphatic imine (C=N–C) groups is 1. The van der Waals surface area contributed by atoms with E-state index >= 15 is 0 Å². The molecule has 2 aliphatic rings. The minimum absolute atomic E-state index is 0.174. The molecule has 0 radical (unpaired) electrons. The average molecular weight is 394 g/mol. The van der Waals surface area contributed by atoms with Crippen LogP contribution in [0.25, 0.3) is 0 Å². The van der Waals surface area contributed by atoms with Crippen molar-refractivity contribution >= 4 is 23.4 Å². The zero-order valence-corrected chi connectivity index (χ0v) is 17.3. The summed E-state index contributed by atoms with van der Waals surface area (Å²) in [6.07, 6.45) is 5.97.